The van der Waals surface area contributed by atoms with Crippen molar-refractivity contribution in [3.05, 3.63) is 56.6 Å². The molecule has 0 radical (unpaired) electrons. The van der Waals surface area contributed by atoms with Gasteiger partial charge in [-0.3, -0.25) is 14.9 Å². The number of ketones is 1. The zero-order chi connectivity index (χ0) is 15.6. The molecule has 0 unspecified atom stereocenters. The Labute approximate surface area is 127 Å². The Morgan fingerprint density at radius 2 is 2.24 bits per heavy atom. The smallest absolute Gasteiger partial charge is 0.315 e. The number of aryl methyl sites for hydroxylation is 1. The monoisotopic (exact) mass is 356 g/mol. The number of nitro groups is 1. The third-order valence-corrected chi connectivity index (χ3v) is 3.28. The number of carbonyl (C=O) groups is 1. The van der Waals surface area contributed by atoms with Crippen molar-refractivity contribution in [2.45, 2.75) is 0 Å². The van der Waals surface area contributed by atoms with Gasteiger partial charge in [0.1, 0.15) is 5.82 Å². The van der Waals surface area contributed by atoms with Crippen LogP contribution in [-0.4, -0.2) is 21.9 Å². The first-order chi connectivity index (χ1) is 9.88. The molecular formula is C13H10BrFN2O4. The predicted molar refractivity (Wildman–Crippen MR) is 76.0 cm³/mol. The van der Waals surface area contributed by atoms with Gasteiger partial charge in [-0.15, -0.1) is 0 Å². The summed E-state index contributed by atoms with van der Waals surface area (Å²) in [5.74, 6) is -1.28. The Morgan fingerprint density at radius 3 is 2.81 bits per heavy atom. The zero-order valence-corrected chi connectivity index (χ0v) is 12.5. The molecule has 0 bridgehead atoms. The molecule has 0 fully saturated rings. The van der Waals surface area contributed by atoms with Crippen LogP contribution in [0.3, 0.4) is 0 Å². The molecule has 0 atom stereocenters. The molecule has 0 saturated heterocycles. The van der Waals surface area contributed by atoms with Crippen molar-refractivity contribution in [3.8, 4) is 5.75 Å². The second-order valence-corrected chi connectivity index (χ2v) is 5.12. The average molecular weight is 357 g/mol. The number of benzene rings is 1. The summed E-state index contributed by atoms with van der Waals surface area (Å²) in [6, 6.07) is 3.39. The minimum atomic E-state index is -0.768. The number of hydrogen-bond acceptors (Lipinski definition) is 4. The highest BCUT2D eigenvalue weighted by molar-refractivity contribution is 9.10. The van der Waals surface area contributed by atoms with Gasteiger partial charge >= 0.3 is 5.69 Å². The fourth-order valence-corrected chi connectivity index (χ4v) is 2.25. The fraction of sp³-hybridized carbons (Fsp3) is 0.154. The van der Waals surface area contributed by atoms with E-state index in [-0.39, 0.29) is 22.6 Å². The fourth-order valence-electron chi connectivity index (χ4n) is 1.71. The number of nitro benzene ring substituents is 1. The lowest BCUT2D eigenvalue weighted by Crippen LogP contribution is -2.12. The number of carbonyl (C=O) groups excluding carboxylic acids is 1. The van der Waals surface area contributed by atoms with Crippen molar-refractivity contribution in [2.24, 2.45) is 7.05 Å². The summed E-state index contributed by atoms with van der Waals surface area (Å²) in [5, 5.41) is 10.9. The largest absolute Gasteiger partial charge is 0.478 e. The number of aromatic nitrogens is 1. The van der Waals surface area contributed by atoms with Gasteiger partial charge in [-0.25, -0.2) is 4.39 Å². The van der Waals surface area contributed by atoms with Crippen molar-refractivity contribution in [2.75, 3.05) is 6.61 Å². The molecule has 0 aliphatic carbocycles. The molecule has 1 heterocycles. The molecule has 1 aromatic heterocycles. The number of rotatable bonds is 5. The van der Waals surface area contributed by atoms with Crippen molar-refractivity contribution in [1.29, 1.82) is 0 Å². The number of halogens is 2. The van der Waals surface area contributed by atoms with Crippen LogP contribution in [0.25, 0.3) is 0 Å². The van der Waals surface area contributed by atoms with Gasteiger partial charge in [-0.1, -0.05) is 0 Å². The van der Waals surface area contributed by atoms with E-state index in [4.69, 9.17) is 4.74 Å². The lowest BCUT2D eigenvalue weighted by atomic mass is 10.2. The topological polar surface area (TPSA) is 74.4 Å². The van der Waals surface area contributed by atoms with Crippen LogP contribution in [0.1, 0.15) is 10.4 Å². The molecule has 0 aliphatic rings. The van der Waals surface area contributed by atoms with Gasteiger partial charge in [0.15, 0.2) is 6.61 Å². The molecule has 0 aliphatic heterocycles. The molecule has 0 spiro atoms. The minimum Gasteiger partial charge on any atom is -0.478 e. The maximum Gasteiger partial charge on any atom is 0.315 e. The van der Waals surface area contributed by atoms with Gasteiger partial charge < -0.3 is 9.30 Å². The maximum absolute atomic E-state index is 13.2. The summed E-state index contributed by atoms with van der Waals surface area (Å²) in [7, 11) is 1.76. The molecular weight excluding hydrogens is 347 g/mol. The van der Waals surface area contributed by atoms with Crippen LogP contribution in [0.15, 0.2) is 35.1 Å². The highest BCUT2D eigenvalue weighted by Gasteiger charge is 2.21. The molecule has 0 saturated carbocycles. The van der Waals surface area contributed by atoms with E-state index >= 15 is 0 Å². The molecule has 21 heavy (non-hydrogen) atoms. The van der Waals surface area contributed by atoms with Crippen LogP contribution in [0.4, 0.5) is 10.1 Å². The van der Waals surface area contributed by atoms with Crippen molar-refractivity contribution >= 4 is 27.4 Å². The molecule has 2 aromatic rings. The van der Waals surface area contributed by atoms with E-state index in [1.54, 1.807) is 30.1 Å². The van der Waals surface area contributed by atoms with E-state index < -0.39 is 16.4 Å². The summed E-state index contributed by atoms with van der Waals surface area (Å²) in [6.07, 6.45) is 3.31. The highest BCUT2D eigenvalue weighted by atomic mass is 79.9. The van der Waals surface area contributed by atoms with Crippen LogP contribution < -0.4 is 4.74 Å². The molecule has 8 heteroatoms. The highest BCUT2D eigenvalue weighted by Crippen LogP contribution is 2.36. The van der Waals surface area contributed by atoms with E-state index in [1.807, 2.05) is 0 Å². The number of Topliss-reactive ketones (excluding diaryl/α,β-unsaturated/α-hetero) is 1. The van der Waals surface area contributed by atoms with Gasteiger partial charge in [0.05, 0.1) is 15.5 Å². The number of hydrogen-bond donors (Lipinski definition) is 0. The van der Waals surface area contributed by atoms with Gasteiger partial charge in [0, 0.05) is 25.0 Å². The first kappa shape index (κ1) is 15.2. The number of ether oxygens (including phenoxy) is 1. The van der Waals surface area contributed by atoms with E-state index in [1.165, 1.54) is 0 Å². The van der Waals surface area contributed by atoms with Crippen molar-refractivity contribution < 1.29 is 18.8 Å². The van der Waals surface area contributed by atoms with Gasteiger partial charge in [-0.05, 0) is 28.1 Å². The zero-order valence-electron chi connectivity index (χ0n) is 10.9. The lowest BCUT2D eigenvalue weighted by Gasteiger charge is -2.08. The summed E-state index contributed by atoms with van der Waals surface area (Å²) in [5.41, 5.74) is -0.110. The van der Waals surface area contributed by atoms with Gasteiger partial charge in [0.25, 0.3) is 0 Å². The summed E-state index contributed by atoms with van der Waals surface area (Å²) >= 11 is 2.99. The molecule has 0 amide bonds. The first-order valence-corrected chi connectivity index (χ1v) is 6.59. The van der Waals surface area contributed by atoms with Crippen LogP contribution in [0.2, 0.25) is 0 Å². The Kier molecular flexibility index (Phi) is 4.37. The molecule has 0 N–H and O–H groups in total. The van der Waals surface area contributed by atoms with Crippen LogP contribution in [0.5, 0.6) is 5.75 Å². The third kappa shape index (κ3) is 3.46. The maximum atomic E-state index is 13.2. The van der Waals surface area contributed by atoms with Crippen LogP contribution in [0, 0.1) is 15.9 Å². The van der Waals surface area contributed by atoms with Gasteiger partial charge in [-0.2, -0.15) is 0 Å². The predicted octanol–water partition coefficient (Wildman–Crippen LogP) is 3.10. The van der Waals surface area contributed by atoms with E-state index in [9.17, 15) is 19.3 Å². The second kappa shape index (κ2) is 6.04. The number of nitrogens with zero attached hydrogens (tertiary/aromatic N) is 2. The minimum absolute atomic E-state index is 0.0788. The van der Waals surface area contributed by atoms with Crippen molar-refractivity contribution in [1.82, 2.24) is 4.57 Å². The normalized spacial score (nSPS) is 10.4. The van der Waals surface area contributed by atoms with Crippen LogP contribution >= 0.6 is 15.9 Å². The Hall–Kier alpha value is -2.22. The summed E-state index contributed by atoms with van der Waals surface area (Å²) in [4.78, 5) is 22.0. The Balaban J connectivity index is 2.20. The average Bonchev–Trinajstić information content (AvgIpc) is 2.83. The summed E-state index contributed by atoms with van der Waals surface area (Å²) < 4.78 is 20.1. The SMILES string of the molecule is Cn1ccc(C(=O)COc2c(Br)cc(F)cc2[N+](=O)[O-])c1. The molecule has 1 aromatic carbocycles. The first-order valence-electron chi connectivity index (χ1n) is 5.80. The quantitative estimate of drug-likeness (QED) is 0.468. The Morgan fingerprint density at radius 1 is 1.52 bits per heavy atom. The van der Waals surface area contributed by atoms with Gasteiger partial charge in [0.2, 0.25) is 11.5 Å². The van der Waals surface area contributed by atoms with E-state index in [0.29, 0.717) is 5.56 Å². The molecule has 2 rings (SSSR count). The second-order valence-electron chi connectivity index (χ2n) is 4.27. The van der Waals surface area contributed by atoms with Crippen molar-refractivity contribution in [3.63, 3.8) is 0 Å². The molecule has 6 nitrogen and oxygen atoms in total. The molecule has 110 valence electrons. The van der Waals surface area contributed by atoms with E-state index in [0.717, 1.165) is 12.1 Å². The summed E-state index contributed by atoms with van der Waals surface area (Å²) in [6.45, 7) is -0.380. The van der Waals surface area contributed by atoms with Crippen LogP contribution in [-0.2, 0) is 7.05 Å². The Bertz CT molecular complexity index is 714. The standard InChI is InChI=1S/C13H10BrFN2O4/c1-16-3-2-8(6-16)12(18)7-21-13-10(14)4-9(15)5-11(13)17(19)20/h2-6H,7H2,1H3. The third-order valence-electron chi connectivity index (χ3n) is 2.69. The van der Waals surface area contributed by atoms with E-state index in [2.05, 4.69) is 15.9 Å². The lowest BCUT2D eigenvalue weighted by molar-refractivity contribution is -0.386.